The van der Waals surface area contributed by atoms with E-state index < -0.39 is 0 Å². The van der Waals surface area contributed by atoms with Gasteiger partial charge in [0.1, 0.15) is 10.8 Å². The maximum absolute atomic E-state index is 11.9. The van der Waals surface area contributed by atoms with Gasteiger partial charge in [-0.3, -0.25) is 4.79 Å². The molecule has 2 rings (SSSR count). The van der Waals surface area contributed by atoms with E-state index in [1.54, 1.807) is 11.3 Å². The molecule has 0 aliphatic rings. The van der Waals surface area contributed by atoms with Crippen molar-refractivity contribution < 1.29 is 4.79 Å². The number of Topliss-reactive ketones (excluding diaryl/α,β-unsaturated/α-hetero) is 1. The summed E-state index contributed by atoms with van der Waals surface area (Å²) in [5.41, 5.74) is 2.06. The molecule has 1 aromatic carbocycles. The first-order valence-electron chi connectivity index (χ1n) is 6.90. The smallest absolute Gasteiger partial charge is 0.140 e. The molecule has 2 aromatic rings. The number of nitrogens with zero attached hydrogens (tertiary/aromatic N) is 1. The summed E-state index contributed by atoms with van der Waals surface area (Å²) in [7, 11) is 0. The molecule has 1 heterocycles. The van der Waals surface area contributed by atoms with Crippen molar-refractivity contribution in [2.24, 2.45) is 0 Å². The first-order chi connectivity index (χ1) is 9.65. The van der Waals surface area contributed by atoms with Crippen LogP contribution in [0.2, 0.25) is 0 Å². The summed E-state index contributed by atoms with van der Waals surface area (Å²) in [4.78, 5) is 16.4. The van der Waals surface area contributed by atoms with Crippen molar-refractivity contribution in [1.29, 1.82) is 0 Å². The number of carbonyl (C=O) groups excluding carboxylic acids is 1. The van der Waals surface area contributed by atoms with Crippen molar-refractivity contribution in [2.45, 2.75) is 32.7 Å². The zero-order chi connectivity index (χ0) is 14.4. The summed E-state index contributed by atoms with van der Waals surface area (Å²) < 4.78 is 0. The van der Waals surface area contributed by atoms with Gasteiger partial charge in [-0.05, 0) is 0 Å². The van der Waals surface area contributed by atoms with Crippen molar-refractivity contribution in [3.05, 3.63) is 40.7 Å². The Morgan fingerprint density at radius 3 is 2.75 bits per heavy atom. The van der Waals surface area contributed by atoms with Gasteiger partial charge < -0.3 is 5.32 Å². The van der Waals surface area contributed by atoms with Gasteiger partial charge in [-0.15, -0.1) is 11.3 Å². The molecule has 106 valence electrons. The predicted octanol–water partition coefficient (Wildman–Crippen LogP) is 3.31. The van der Waals surface area contributed by atoms with Gasteiger partial charge in [-0.25, -0.2) is 4.98 Å². The van der Waals surface area contributed by atoms with Crippen LogP contribution in [0.3, 0.4) is 0 Å². The van der Waals surface area contributed by atoms with Crippen LogP contribution in [0, 0.1) is 0 Å². The lowest BCUT2D eigenvalue weighted by Crippen LogP contribution is -2.25. The first-order valence-corrected chi connectivity index (χ1v) is 7.78. The van der Waals surface area contributed by atoms with E-state index >= 15 is 0 Å². The lowest BCUT2D eigenvalue weighted by Gasteiger charge is -2.06. The molecule has 0 atom stereocenters. The van der Waals surface area contributed by atoms with Gasteiger partial charge in [0.15, 0.2) is 0 Å². The molecule has 0 unspecified atom stereocenters. The minimum atomic E-state index is 0.243. The second-order valence-corrected chi connectivity index (χ2v) is 6.01. The normalized spacial score (nSPS) is 10.9. The first kappa shape index (κ1) is 14.9. The number of ketones is 1. The second-order valence-electron chi connectivity index (χ2n) is 5.07. The van der Waals surface area contributed by atoms with Crippen LogP contribution in [0.1, 0.15) is 25.3 Å². The third-order valence-corrected chi connectivity index (χ3v) is 3.77. The monoisotopic (exact) mass is 288 g/mol. The van der Waals surface area contributed by atoms with Gasteiger partial charge in [-0.1, -0.05) is 44.2 Å². The number of hydrogen-bond acceptors (Lipinski definition) is 4. The number of hydrogen-bond donors (Lipinski definition) is 1. The molecular formula is C16H20N2OS. The van der Waals surface area contributed by atoms with Crippen molar-refractivity contribution in [3.8, 4) is 11.3 Å². The number of nitrogens with one attached hydrogen (secondary N) is 1. The van der Waals surface area contributed by atoms with E-state index in [4.69, 9.17) is 0 Å². The van der Waals surface area contributed by atoms with Gasteiger partial charge in [0, 0.05) is 30.0 Å². The maximum atomic E-state index is 11.9. The lowest BCUT2D eigenvalue weighted by molar-refractivity contribution is -0.118. The highest BCUT2D eigenvalue weighted by molar-refractivity contribution is 7.10. The quantitative estimate of drug-likeness (QED) is 0.850. The van der Waals surface area contributed by atoms with E-state index in [0.29, 0.717) is 18.9 Å². The Bertz CT molecular complexity index is 549. The fraction of sp³-hybridized carbons (Fsp3) is 0.375. The Labute approximate surface area is 124 Å². The van der Waals surface area contributed by atoms with Crippen LogP contribution in [-0.2, 0) is 11.2 Å². The van der Waals surface area contributed by atoms with Crippen LogP contribution < -0.4 is 5.32 Å². The SMILES string of the molecule is CC(C)NCCC(=O)Cc1nc(-c2ccccc2)cs1. The fourth-order valence-corrected chi connectivity index (χ4v) is 2.72. The van der Waals surface area contributed by atoms with Crippen LogP contribution >= 0.6 is 11.3 Å². The standard InChI is InChI=1S/C16H20N2OS/c1-12(2)17-9-8-14(19)10-16-18-15(11-20-16)13-6-4-3-5-7-13/h3-7,11-12,17H,8-10H2,1-2H3. The Kier molecular flexibility index (Phi) is 5.44. The Hall–Kier alpha value is -1.52. The Morgan fingerprint density at radius 2 is 2.05 bits per heavy atom. The summed E-state index contributed by atoms with van der Waals surface area (Å²) in [6, 6.07) is 10.5. The molecule has 1 aromatic heterocycles. The molecule has 1 N–H and O–H groups in total. The topological polar surface area (TPSA) is 42.0 Å². The average Bonchev–Trinajstić information content (AvgIpc) is 2.88. The van der Waals surface area contributed by atoms with Crippen molar-refractivity contribution in [2.75, 3.05) is 6.54 Å². The number of aromatic nitrogens is 1. The number of carbonyl (C=O) groups is 1. The van der Waals surface area contributed by atoms with Crippen LogP contribution in [-0.4, -0.2) is 23.4 Å². The van der Waals surface area contributed by atoms with Crippen LogP contribution in [0.5, 0.6) is 0 Å². The van der Waals surface area contributed by atoms with Gasteiger partial charge >= 0.3 is 0 Å². The molecule has 20 heavy (non-hydrogen) atoms. The molecule has 0 aliphatic heterocycles. The van der Waals surface area contributed by atoms with E-state index in [0.717, 1.165) is 22.8 Å². The fourth-order valence-electron chi connectivity index (χ4n) is 1.89. The van der Waals surface area contributed by atoms with E-state index in [1.807, 2.05) is 35.7 Å². The second kappa shape index (κ2) is 7.31. The zero-order valence-corrected chi connectivity index (χ0v) is 12.7. The van der Waals surface area contributed by atoms with Crippen molar-refractivity contribution >= 4 is 17.1 Å². The van der Waals surface area contributed by atoms with Gasteiger partial charge in [0.05, 0.1) is 12.1 Å². The third kappa shape index (κ3) is 4.54. The minimum Gasteiger partial charge on any atom is -0.314 e. The molecule has 0 saturated heterocycles. The number of benzene rings is 1. The number of thiazole rings is 1. The summed E-state index contributed by atoms with van der Waals surface area (Å²) in [5, 5.41) is 6.17. The summed E-state index contributed by atoms with van der Waals surface area (Å²) in [6.07, 6.45) is 1.01. The minimum absolute atomic E-state index is 0.243. The van der Waals surface area contributed by atoms with Gasteiger partial charge in [0.25, 0.3) is 0 Å². The average molecular weight is 288 g/mol. The van der Waals surface area contributed by atoms with Gasteiger partial charge in [-0.2, -0.15) is 0 Å². The van der Waals surface area contributed by atoms with Crippen molar-refractivity contribution in [1.82, 2.24) is 10.3 Å². The molecule has 0 saturated carbocycles. The Morgan fingerprint density at radius 1 is 1.30 bits per heavy atom. The molecular weight excluding hydrogens is 268 g/mol. The molecule has 0 aliphatic carbocycles. The van der Waals surface area contributed by atoms with Crippen molar-refractivity contribution in [3.63, 3.8) is 0 Å². The summed E-state index contributed by atoms with van der Waals surface area (Å²) in [6.45, 7) is 4.91. The zero-order valence-electron chi connectivity index (χ0n) is 11.9. The molecule has 3 nitrogen and oxygen atoms in total. The summed E-state index contributed by atoms with van der Waals surface area (Å²) >= 11 is 1.56. The summed E-state index contributed by atoms with van der Waals surface area (Å²) in [5.74, 6) is 0.243. The third-order valence-electron chi connectivity index (χ3n) is 2.93. The Balaban J connectivity index is 1.88. The van der Waals surface area contributed by atoms with E-state index in [-0.39, 0.29) is 5.78 Å². The molecule has 0 amide bonds. The molecule has 0 radical (unpaired) electrons. The highest BCUT2D eigenvalue weighted by atomic mass is 32.1. The van der Waals surface area contributed by atoms with Crippen LogP contribution in [0.15, 0.2) is 35.7 Å². The predicted molar refractivity (Wildman–Crippen MR) is 84.0 cm³/mol. The van der Waals surface area contributed by atoms with E-state index in [2.05, 4.69) is 24.1 Å². The van der Waals surface area contributed by atoms with Gasteiger partial charge in [0.2, 0.25) is 0 Å². The van der Waals surface area contributed by atoms with E-state index in [1.165, 1.54) is 0 Å². The molecule has 0 fully saturated rings. The molecule has 0 spiro atoms. The highest BCUT2D eigenvalue weighted by Gasteiger charge is 2.09. The molecule has 4 heteroatoms. The largest absolute Gasteiger partial charge is 0.314 e. The lowest BCUT2D eigenvalue weighted by atomic mass is 10.2. The molecule has 0 bridgehead atoms. The highest BCUT2D eigenvalue weighted by Crippen LogP contribution is 2.21. The number of rotatable bonds is 7. The van der Waals surface area contributed by atoms with Crippen LogP contribution in [0.4, 0.5) is 0 Å². The van der Waals surface area contributed by atoms with E-state index in [9.17, 15) is 4.79 Å². The van der Waals surface area contributed by atoms with Crippen LogP contribution in [0.25, 0.3) is 11.3 Å². The maximum Gasteiger partial charge on any atom is 0.140 e.